The standard InChI is InChI=1S/C22H28N2O3S/c1-4-14(2)7-5-6-8-20-17-12-18(17)21-11-16(9-10-24(20)21)28-13-19(22(26)27)23-15(3)25/h4-11,17-21H,12-13H2,1-3H3,(H,23,25)(H,26,27)/p+1/b7-5+,8-6+,14-4+/t17-,18+,19+,20+,21?/m1/s1. The molecule has 0 spiro atoms. The summed E-state index contributed by atoms with van der Waals surface area (Å²) < 4.78 is 0. The number of fused-ring (bicyclic) bond motifs is 3. The Hall–Kier alpha value is -2.05. The number of nitrogens with one attached hydrogen (secondary N) is 2. The first-order valence-corrected chi connectivity index (χ1v) is 10.8. The van der Waals surface area contributed by atoms with E-state index >= 15 is 0 Å². The van der Waals surface area contributed by atoms with Gasteiger partial charge in [-0.3, -0.25) is 9.69 Å². The Kier molecular flexibility index (Phi) is 6.62. The Morgan fingerprint density at radius 1 is 1.36 bits per heavy atom. The minimum atomic E-state index is -0.995. The molecule has 0 aromatic carbocycles. The van der Waals surface area contributed by atoms with Gasteiger partial charge in [-0.2, -0.15) is 0 Å². The van der Waals surface area contributed by atoms with Gasteiger partial charge in [0.1, 0.15) is 18.1 Å². The topological polar surface area (TPSA) is 70.8 Å². The van der Waals surface area contributed by atoms with Crippen molar-refractivity contribution in [2.75, 3.05) is 5.75 Å². The number of rotatable bonds is 8. The van der Waals surface area contributed by atoms with Gasteiger partial charge in [-0.1, -0.05) is 29.9 Å². The molecule has 1 saturated heterocycles. The Labute approximate surface area is 170 Å². The molecular weight excluding hydrogens is 372 g/mol. The summed E-state index contributed by atoms with van der Waals surface area (Å²) in [5, 5.41) is 11.7. The van der Waals surface area contributed by atoms with Gasteiger partial charge in [-0.05, 0) is 32.4 Å². The molecule has 0 aromatic rings. The van der Waals surface area contributed by atoms with E-state index in [-0.39, 0.29) is 5.91 Å². The van der Waals surface area contributed by atoms with E-state index < -0.39 is 12.0 Å². The van der Waals surface area contributed by atoms with E-state index in [2.05, 4.69) is 61.0 Å². The monoisotopic (exact) mass is 401 g/mol. The highest BCUT2D eigenvalue weighted by atomic mass is 32.2. The molecule has 1 aliphatic carbocycles. The molecule has 2 fully saturated rings. The van der Waals surface area contributed by atoms with Crippen LogP contribution in [0.15, 0.2) is 59.2 Å². The lowest BCUT2D eigenvalue weighted by atomic mass is 10.1. The van der Waals surface area contributed by atoms with Gasteiger partial charge < -0.3 is 10.4 Å². The fraction of sp³-hybridized carbons (Fsp3) is 0.455. The number of quaternary nitrogens is 1. The Bertz CT molecular complexity index is 781. The Balaban J connectivity index is 1.59. The second kappa shape index (κ2) is 8.97. The van der Waals surface area contributed by atoms with Gasteiger partial charge in [0.15, 0.2) is 0 Å². The van der Waals surface area contributed by atoms with Gasteiger partial charge in [0.25, 0.3) is 0 Å². The van der Waals surface area contributed by atoms with Crippen LogP contribution in [0.1, 0.15) is 27.2 Å². The van der Waals surface area contributed by atoms with Gasteiger partial charge >= 0.3 is 5.97 Å². The van der Waals surface area contributed by atoms with Crippen molar-refractivity contribution in [3.8, 4) is 0 Å². The van der Waals surface area contributed by atoms with E-state index in [4.69, 9.17) is 0 Å². The summed E-state index contributed by atoms with van der Waals surface area (Å²) >= 11 is 1.50. The highest BCUT2D eigenvalue weighted by Crippen LogP contribution is 2.48. The molecule has 6 heteroatoms. The molecule has 2 aliphatic heterocycles. The maximum atomic E-state index is 11.3. The molecule has 3 N–H and O–H groups in total. The highest BCUT2D eigenvalue weighted by molar-refractivity contribution is 8.03. The van der Waals surface area contributed by atoms with Gasteiger partial charge in [-0.25, -0.2) is 4.79 Å². The number of allylic oxidation sites excluding steroid dienone is 6. The number of carboxylic acid groups (broad SMARTS) is 1. The average Bonchev–Trinajstić information content (AvgIpc) is 3.39. The van der Waals surface area contributed by atoms with Crippen molar-refractivity contribution in [3.05, 3.63) is 59.2 Å². The van der Waals surface area contributed by atoms with E-state index in [1.54, 1.807) is 0 Å². The maximum absolute atomic E-state index is 11.3. The first-order chi connectivity index (χ1) is 13.4. The zero-order valence-corrected chi connectivity index (χ0v) is 17.4. The molecular formula is C22H29N2O3S+. The molecule has 3 aliphatic rings. The molecule has 1 saturated carbocycles. The predicted octanol–water partition coefficient (Wildman–Crippen LogP) is 2.07. The summed E-state index contributed by atoms with van der Waals surface area (Å²) in [7, 11) is 0. The second-order valence-electron chi connectivity index (χ2n) is 7.70. The third-order valence-electron chi connectivity index (χ3n) is 5.70. The molecule has 0 radical (unpaired) electrons. The van der Waals surface area contributed by atoms with Crippen LogP contribution in [0.2, 0.25) is 0 Å². The first kappa shape index (κ1) is 20.7. The van der Waals surface area contributed by atoms with Gasteiger partial charge in [0.2, 0.25) is 5.91 Å². The number of piperidine rings is 1. The van der Waals surface area contributed by atoms with Crippen molar-refractivity contribution < 1.29 is 19.6 Å². The number of carbonyl (C=O) groups is 2. The Morgan fingerprint density at radius 3 is 2.82 bits per heavy atom. The van der Waals surface area contributed by atoms with E-state index in [9.17, 15) is 14.7 Å². The SMILES string of the molecule is C/C=C(C)/C=C/C=C/[C@H]1[C@@H]2C[C@@H]2C2C=C(SC[C@H](NC(C)=O)C(=O)O)C=C[NH+]21. The Morgan fingerprint density at radius 2 is 2.14 bits per heavy atom. The summed E-state index contributed by atoms with van der Waals surface area (Å²) in [6, 6.07) is 0.121. The lowest BCUT2D eigenvalue weighted by molar-refractivity contribution is -0.878. The molecule has 0 aromatic heterocycles. The summed E-state index contributed by atoms with van der Waals surface area (Å²) in [5.41, 5.74) is 1.26. The van der Waals surface area contributed by atoms with Crippen LogP contribution in [0.5, 0.6) is 0 Å². The number of carbonyl (C=O) groups excluding carboxylic acids is 1. The normalized spacial score (nSPS) is 32.2. The van der Waals surface area contributed by atoms with Crippen molar-refractivity contribution in [2.45, 2.75) is 45.3 Å². The summed E-state index contributed by atoms with van der Waals surface area (Å²) in [5.74, 6) is 0.479. The van der Waals surface area contributed by atoms with Crippen LogP contribution >= 0.6 is 11.8 Å². The molecule has 5 nitrogen and oxygen atoms in total. The number of hydrogen-bond donors (Lipinski definition) is 3. The number of thioether (sulfide) groups is 1. The van der Waals surface area contributed by atoms with Gasteiger partial charge in [0.05, 0.1) is 6.20 Å². The van der Waals surface area contributed by atoms with E-state index in [1.807, 2.05) is 6.92 Å². The van der Waals surface area contributed by atoms with Gasteiger partial charge in [0, 0.05) is 35.5 Å². The van der Waals surface area contributed by atoms with E-state index in [0.717, 1.165) is 16.7 Å². The molecule has 150 valence electrons. The van der Waals surface area contributed by atoms with Crippen molar-refractivity contribution in [3.63, 3.8) is 0 Å². The largest absolute Gasteiger partial charge is 0.480 e. The fourth-order valence-corrected chi connectivity index (χ4v) is 5.06. The minimum Gasteiger partial charge on any atom is -0.480 e. The molecule has 2 unspecified atom stereocenters. The second-order valence-corrected chi connectivity index (χ2v) is 8.79. The lowest BCUT2D eigenvalue weighted by Gasteiger charge is -2.26. The third kappa shape index (κ3) is 4.86. The maximum Gasteiger partial charge on any atom is 0.327 e. The third-order valence-corrected chi connectivity index (χ3v) is 6.81. The number of amides is 1. The summed E-state index contributed by atoms with van der Waals surface area (Å²) in [6.07, 6.45) is 18.7. The number of aliphatic carboxylic acids is 1. The summed E-state index contributed by atoms with van der Waals surface area (Å²) in [6.45, 7) is 5.48. The average molecular weight is 402 g/mol. The molecule has 3 rings (SSSR count). The van der Waals surface area contributed by atoms with E-state index in [1.165, 1.54) is 35.6 Å². The summed E-state index contributed by atoms with van der Waals surface area (Å²) in [4.78, 5) is 25.1. The van der Waals surface area contributed by atoms with Crippen molar-refractivity contribution in [1.29, 1.82) is 0 Å². The molecule has 1 amide bonds. The number of carboxylic acids is 1. The molecule has 6 atom stereocenters. The fourth-order valence-electron chi connectivity index (χ4n) is 4.07. The van der Waals surface area contributed by atoms with Crippen LogP contribution in [0.3, 0.4) is 0 Å². The van der Waals surface area contributed by atoms with Crippen LogP contribution in [0.25, 0.3) is 0 Å². The zero-order chi connectivity index (χ0) is 20.3. The van der Waals surface area contributed by atoms with Crippen LogP contribution in [0.4, 0.5) is 0 Å². The van der Waals surface area contributed by atoms with Crippen molar-refractivity contribution in [1.82, 2.24) is 5.32 Å². The lowest BCUT2D eigenvalue weighted by Crippen LogP contribution is -3.13. The minimum absolute atomic E-state index is 0.318. The van der Waals surface area contributed by atoms with Crippen LogP contribution in [-0.4, -0.2) is 40.9 Å². The zero-order valence-electron chi connectivity index (χ0n) is 16.6. The van der Waals surface area contributed by atoms with E-state index in [0.29, 0.717) is 17.8 Å². The first-order valence-electron chi connectivity index (χ1n) is 9.77. The molecule has 0 bridgehead atoms. The van der Waals surface area contributed by atoms with Crippen molar-refractivity contribution in [2.24, 2.45) is 11.8 Å². The quantitative estimate of drug-likeness (QED) is 0.545. The van der Waals surface area contributed by atoms with Crippen LogP contribution in [0, 0.1) is 11.8 Å². The van der Waals surface area contributed by atoms with Crippen LogP contribution in [-0.2, 0) is 9.59 Å². The highest BCUT2D eigenvalue weighted by Gasteiger charge is 2.61. The van der Waals surface area contributed by atoms with Crippen molar-refractivity contribution >= 4 is 23.6 Å². The number of hydrogen-bond acceptors (Lipinski definition) is 3. The molecule has 2 heterocycles. The smallest absolute Gasteiger partial charge is 0.327 e. The predicted molar refractivity (Wildman–Crippen MR) is 113 cm³/mol. The molecule has 28 heavy (non-hydrogen) atoms. The van der Waals surface area contributed by atoms with Gasteiger partial charge in [-0.15, -0.1) is 11.8 Å². The van der Waals surface area contributed by atoms with Crippen LogP contribution < -0.4 is 10.2 Å².